The van der Waals surface area contributed by atoms with Crippen molar-refractivity contribution in [3.05, 3.63) is 48.9 Å². The van der Waals surface area contributed by atoms with Crippen LogP contribution in [-0.2, 0) is 23.9 Å². The van der Waals surface area contributed by atoms with E-state index in [-0.39, 0.29) is 29.6 Å². The van der Waals surface area contributed by atoms with Gasteiger partial charge in [-0.25, -0.2) is 4.79 Å². The minimum Gasteiger partial charge on any atom is -0.478 e. The zero-order valence-corrected chi connectivity index (χ0v) is 17.7. The third-order valence-corrected chi connectivity index (χ3v) is 4.39. The van der Waals surface area contributed by atoms with Gasteiger partial charge in [0.2, 0.25) is 11.8 Å². The summed E-state index contributed by atoms with van der Waals surface area (Å²) in [6, 6.07) is 0. The maximum Gasteiger partial charge on any atom is 0.337 e. The summed E-state index contributed by atoms with van der Waals surface area (Å²) in [7, 11) is 0. The van der Waals surface area contributed by atoms with E-state index in [1.165, 1.54) is 6.92 Å². The highest BCUT2D eigenvalue weighted by Crippen LogP contribution is 2.15. The van der Waals surface area contributed by atoms with Crippen molar-refractivity contribution in [2.75, 3.05) is 32.8 Å². The Morgan fingerprint density at radius 2 is 1.90 bits per heavy atom. The van der Waals surface area contributed by atoms with Gasteiger partial charge in [0.15, 0.2) is 0 Å². The van der Waals surface area contributed by atoms with E-state index in [0.29, 0.717) is 26.0 Å². The highest BCUT2D eigenvalue weighted by molar-refractivity contribution is 5.98. The van der Waals surface area contributed by atoms with Crippen LogP contribution in [0.4, 0.5) is 0 Å². The number of nitrogens with one attached hydrogen (secondary N) is 3. The van der Waals surface area contributed by atoms with Gasteiger partial charge in [0.1, 0.15) is 5.82 Å². The molecule has 1 rings (SSSR count). The van der Waals surface area contributed by atoms with Gasteiger partial charge in [0, 0.05) is 25.2 Å². The van der Waals surface area contributed by atoms with Crippen molar-refractivity contribution >= 4 is 23.7 Å². The maximum absolute atomic E-state index is 12.8. The molecule has 0 aliphatic carbocycles. The average Bonchev–Trinajstić information content (AvgIpc) is 2.75. The van der Waals surface area contributed by atoms with E-state index < -0.39 is 30.2 Å². The van der Waals surface area contributed by atoms with Crippen LogP contribution in [0.25, 0.3) is 0 Å². The number of ether oxygens (including phenoxy) is 1. The van der Waals surface area contributed by atoms with E-state index in [4.69, 9.17) is 4.74 Å². The van der Waals surface area contributed by atoms with Crippen molar-refractivity contribution in [1.29, 1.82) is 0 Å². The molecule has 1 saturated heterocycles. The molecule has 0 aromatic rings. The second-order valence-corrected chi connectivity index (χ2v) is 6.82. The molecule has 1 unspecified atom stereocenters. The molecule has 0 aromatic carbocycles. The van der Waals surface area contributed by atoms with E-state index in [1.54, 1.807) is 0 Å². The number of carboxylic acids is 1. The second-order valence-electron chi connectivity index (χ2n) is 6.82. The number of carbonyl (C=O) groups is 4. The number of morpholine rings is 1. The molecule has 10 heteroatoms. The largest absolute Gasteiger partial charge is 0.478 e. The van der Waals surface area contributed by atoms with Gasteiger partial charge in [-0.05, 0) is 31.9 Å². The lowest BCUT2D eigenvalue weighted by Crippen LogP contribution is -2.43. The van der Waals surface area contributed by atoms with Crippen molar-refractivity contribution < 1.29 is 29.0 Å². The van der Waals surface area contributed by atoms with Crippen molar-refractivity contribution in [2.24, 2.45) is 0 Å². The summed E-state index contributed by atoms with van der Waals surface area (Å²) in [5, 5.41) is 17.7. The predicted molar refractivity (Wildman–Crippen MR) is 115 cm³/mol. The highest BCUT2D eigenvalue weighted by Gasteiger charge is 2.27. The van der Waals surface area contributed by atoms with Crippen LogP contribution in [0, 0.1) is 0 Å². The first-order chi connectivity index (χ1) is 14.7. The quantitative estimate of drug-likeness (QED) is 0.319. The molecule has 1 heterocycles. The molecule has 4 N–H and O–H groups in total. The topological polar surface area (TPSA) is 137 Å². The smallest absolute Gasteiger partial charge is 0.337 e. The molecule has 0 saturated carbocycles. The summed E-state index contributed by atoms with van der Waals surface area (Å²) in [5.41, 5.74) is -0.226. The lowest BCUT2D eigenvalue weighted by atomic mass is 10.1. The summed E-state index contributed by atoms with van der Waals surface area (Å²) in [6.07, 6.45) is 3.00. The third kappa shape index (κ3) is 8.57. The first-order valence-corrected chi connectivity index (χ1v) is 9.81. The molecule has 10 nitrogen and oxygen atoms in total. The normalized spacial score (nSPS) is 16.4. The molecular formula is C21H30N4O6. The lowest BCUT2D eigenvalue weighted by Gasteiger charge is -2.29. The lowest BCUT2D eigenvalue weighted by molar-refractivity contribution is -0.133. The molecule has 3 amide bonds. The van der Waals surface area contributed by atoms with Gasteiger partial charge in [-0.15, -0.1) is 0 Å². The van der Waals surface area contributed by atoms with Crippen LogP contribution < -0.4 is 16.0 Å². The number of hydrogen-bond donors (Lipinski definition) is 4. The standard InChI is InChI=1S/C21H30N4O6/c1-5-17(26)23-13-16(21(29)30)19(24-18(27)6-2)25(20(28)14(3)4)10-7-8-15-12-22-9-11-31-15/h5-6,15,22H,1-3,7-13H2,4H3,(H,23,26)(H,24,27)(H,29,30). The monoisotopic (exact) mass is 434 g/mol. The fraction of sp³-hybridized carbons (Fsp3) is 0.429. The van der Waals surface area contributed by atoms with Gasteiger partial charge in [0.05, 0.1) is 24.8 Å². The predicted octanol–water partition coefficient (Wildman–Crippen LogP) is 0.0603. The number of rotatable bonds is 12. The zero-order chi connectivity index (χ0) is 23.4. The summed E-state index contributed by atoms with van der Waals surface area (Å²) in [5.74, 6) is -3.53. The number of amides is 3. The number of carbonyl (C=O) groups excluding carboxylic acids is 3. The molecule has 1 aliphatic rings. The molecule has 0 bridgehead atoms. The molecule has 31 heavy (non-hydrogen) atoms. The summed E-state index contributed by atoms with van der Waals surface area (Å²) < 4.78 is 5.64. The molecule has 170 valence electrons. The van der Waals surface area contributed by atoms with Gasteiger partial charge >= 0.3 is 5.97 Å². The van der Waals surface area contributed by atoms with Gasteiger partial charge in [-0.1, -0.05) is 19.7 Å². The molecule has 1 aliphatic heterocycles. The summed E-state index contributed by atoms with van der Waals surface area (Å²) in [6.45, 7) is 13.5. The van der Waals surface area contributed by atoms with Crippen LogP contribution in [0.15, 0.2) is 48.9 Å². The minimum atomic E-state index is -1.41. The molecule has 0 aromatic heterocycles. The van der Waals surface area contributed by atoms with Gasteiger partial charge in [-0.2, -0.15) is 0 Å². The molecule has 1 atom stereocenters. The van der Waals surface area contributed by atoms with Crippen LogP contribution in [0.3, 0.4) is 0 Å². The van der Waals surface area contributed by atoms with Crippen LogP contribution in [-0.4, -0.2) is 72.6 Å². The van der Waals surface area contributed by atoms with E-state index in [2.05, 4.69) is 35.7 Å². The molecular weight excluding hydrogens is 404 g/mol. The van der Waals surface area contributed by atoms with Crippen LogP contribution in [0.2, 0.25) is 0 Å². The van der Waals surface area contributed by atoms with E-state index in [1.807, 2.05) is 0 Å². The van der Waals surface area contributed by atoms with Gasteiger partial charge in [0.25, 0.3) is 5.91 Å². The van der Waals surface area contributed by atoms with Crippen molar-refractivity contribution in [1.82, 2.24) is 20.9 Å². The Labute approximate surface area is 181 Å². The first-order valence-electron chi connectivity index (χ1n) is 9.81. The van der Waals surface area contributed by atoms with Gasteiger partial charge < -0.3 is 25.8 Å². The Morgan fingerprint density at radius 3 is 2.42 bits per heavy atom. The van der Waals surface area contributed by atoms with Crippen LogP contribution in [0.1, 0.15) is 19.8 Å². The fourth-order valence-corrected chi connectivity index (χ4v) is 2.81. The average molecular weight is 434 g/mol. The summed E-state index contributed by atoms with van der Waals surface area (Å²) in [4.78, 5) is 49.5. The molecule has 0 spiro atoms. The maximum atomic E-state index is 12.8. The Balaban J connectivity index is 3.24. The van der Waals surface area contributed by atoms with E-state index >= 15 is 0 Å². The van der Waals surface area contributed by atoms with Gasteiger partial charge in [-0.3, -0.25) is 19.3 Å². The Kier molecular flexibility index (Phi) is 10.9. The van der Waals surface area contributed by atoms with E-state index in [0.717, 1.165) is 23.6 Å². The minimum absolute atomic E-state index is 0.0310. The number of nitrogens with zero attached hydrogens (tertiary/aromatic N) is 1. The second kappa shape index (κ2) is 13.1. The zero-order valence-electron chi connectivity index (χ0n) is 17.7. The Hall–Kier alpha value is -3.24. The third-order valence-electron chi connectivity index (χ3n) is 4.39. The molecule has 0 radical (unpaired) electrons. The fourth-order valence-electron chi connectivity index (χ4n) is 2.81. The van der Waals surface area contributed by atoms with Crippen LogP contribution in [0.5, 0.6) is 0 Å². The number of carboxylic acid groups (broad SMARTS) is 1. The first kappa shape index (κ1) is 25.8. The van der Waals surface area contributed by atoms with Crippen LogP contribution >= 0.6 is 0 Å². The molecule has 1 fully saturated rings. The number of aliphatic carboxylic acids is 1. The summed E-state index contributed by atoms with van der Waals surface area (Å²) >= 11 is 0. The Morgan fingerprint density at radius 1 is 1.23 bits per heavy atom. The van der Waals surface area contributed by atoms with E-state index in [9.17, 15) is 24.3 Å². The van der Waals surface area contributed by atoms with Crippen molar-refractivity contribution in [3.8, 4) is 0 Å². The Bertz CT molecular complexity index is 768. The highest BCUT2D eigenvalue weighted by atomic mass is 16.5. The van der Waals surface area contributed by atoms with Crippen molar-refractivity contribution in [2.45, 2.75) is 25.9 Å². The number of hydrogen-bond acceptors (Lipinski definition) is 6. The SMILES string of the molecule is C=CC(=O)NCC(C(=O)O)=C(NC(=O)C=C)N(CCCC1CNCCO1)C(=O)C(=C)C. The van der Waals surface area contributed by atoms with Crippen molar-refractivity contribution in [3.63, 3.8) is 0 Å².